The van der Waals surface area contributed by atoms with Crippen LogP contribution in [-0.2, 0) is 6.54 Å². The summed E-state index contributed by atoms with van der Waals surface area (Å²) in [5, 5.41) is 1.33. The Morgan fingerprint density at radius 1 is 1.24 bits per heavy atom. The monoisotopic (exact) mass is 285 g/mol. The second-order valence-electron chi connectivity index (χ2n) is 6.61. The molecule has 1 aliphatic heterocycles. The van der Waals surface area contributed by atoms with E-state index in [-0.39, 0.29) is 0 Å². The van der Waals surface area contributed by atoms with Gasteiger partial charge < -0.3 is 9.88 Å². The molecule has 3 rings (SSSR count). The van der Waals surface area contributed by atoms with Crippen LogP contribution in [-0.4, -0.2) is 48.0 Å². The summed E-state index contributed by atoms with van der Waals surface area (Å²) in [5.41, 5.74) is 2.68. The normalized spacial score (nSPS) is 20.4. The molecule has 21 heavy (non-hydrogen) atoms. The van der Waals surface area contributed by atoms with Gasteiger partial charge in [-0.3, -0.25) is 4.90 Å². The van der Waals surface area contributed by atoms with Gasteiger partial charge in [0, 0.05) is 24.3 Å². The minimum atomic E-state index is 0.753. The minimum Gasteiger partial charge on any atom is -0.361 e. The zero-order valence-electron chi connectivity index (χ0n) is 13.3. The number of rotatable bonds is 5. The van der Waals surface area contributed by atoms with Crippen molar-refractivity contribution < 1.29 is 0 Å². The summed E-state index contributed by atoms with van der Waals surface area (Å²) in [6.07, 6.45) is 7.42. The maximum atomic E-state index is 3.27. The van der Waals surface area contributed by atoms with Gasteiger partial charge in [0.25, 0.3) is 0 Å². The van der Waals surface area contributed by atoms with Gasteiger partial charge in [0.15, 0.2) is 0 Å². The molecule has 0 spiro atoms. The van der Waals surface area contributed by atoms with Crippen molar-refractivity contribution in [3.63, 3.8) is 0 Å². The van der Waals surface area contributed by atoms with E-state index in [9.17, 15) is 0 Å². The highest BCUT2D eigenvalue weighted by molar-refractivity contribution is 5.79. The molecule has 3 heteroatoms. The third-order valence-electron chi connectivity index (χ3n) is 4.66. The highest BCUT2D eigenvalue weighted by Crippen LogP contribution is 2.23. The Hall–Kier alpha value is -1.32. The van der Waals surface area contributed by atoms with E-state index in [0.717, 1.165) is 12.6 Å². The average molecular weight is 285 g/mol. The quantitative estimate of drug-likeness (QED) is 0.908. The first-order valence-corrected chi connectivity index (χ1v) is 8.17. The molecule has 1 N–H and O–H groups in total. The van der Waals surface area contributed by atoms with Crippen LogP contribution in [0.2, 0.25) is 0 Å². The van der Waals surface area contributed by atoms with Gasteiger partial charge in [-0.05, 0) is 75.6 Å². The van der Waals surface area contributed by atoms with E-state index in [2.05, 4.69) is 53.1 Å². The maximum absolute atomic E-state index is 3.27. The third-order valence-corrected chi connectivity index (χ3v) is 4.66. The van der Waals surface area contributed by atoms with Gasteiger partial charge in [0.1, 0.15) is 0 Å². The lowest BCUT2D eigenvalue weighted by molar-refractivity contribution is 0.125. The first-order chi connectivity index (χ1) is 10.2. The molecular formula is C18H27N3. The molecule has 1 atom stereocenters. The fourth-order valence-electron chi connectivity index (χ4n) is 3.44. The molecule has 1 unspecified atom stereocenters. The predicted molar refractivity (Wildman–Crippen MR) is 89.5 cm³/mol. The van der Waals surface area contributed by atoms with Crippen molar-refractivity contribution in [2.75, 3.05) is 27.2 Å². The van der Waals surface area contributed by atoms with Crippen molar-refractivity contribution in [2.45, 2.75) is 38.3 Å². The summed E-state index contributed by atoms with van der Waals surface area (Å²) in [5.74, 6) is 0. The molecular weight excluding hydrogens is 258 g/mol. The van der Waals surface area contributed by atoms with Crippen molar-refractivity contribution in [2.24, 2.45) is 0 Å². The van der Waals surface area contributed by atoms with E-state index >= 15 is 0 Å². The van der Waals surface area contributed by atoms with Crippen molar-refractivity contribution in [1.82, 2.24) is 14.8 Å². The van der Waals surface area contributed by atoms with Crippen LogP contribution in [0.25, 0.3) is 10.9 Å². The van der Waals surface area contributed by atoms with Gasteiger partial charge in [-0.25, -0.2) is 0 Å². The van der Waals surface area contributed by atoms with Crippen LogP contribution in [0.1, 0.15) is 31.2 Å². The molecule has 1 aliphatic rings. The summed E-state index contributed by atoms with van der Waals surface area (Å²) in [4.78, 5) is 8.27. The summed E-state index contributed by atoms with van der Waals surface area (Å²) >= 11 is 0. The Labute approximate surface area is 127 Å². The van der Waals surface area contributed by atoms with Crippen molar-refractivity contribution >= 4 is 10.9 Å². The molecule has 0 amide bonds. The van der Waals surface area contributed by atoms with E-state index in [0.29, 0.717) is 0 Å². The van der Waals surface area contributed by atoms with E-state index in [4.69, 9.17) is 0 Å². The fourth-order valence-corrected chi connectivity index (χ4v) is 3.44. The number of hydrogen-bond donors (Lipinski definition) is 1. The molecule has 114 valence electrons. The molecule has 2 heterocycles. The summed E-state index contributed by atoms with van der Waals surface area (Å²) in [6, 6.07) is 9.74. The van der Waals surface area contributed by atoms with E-state index < -0.39 is 0 Å². The number of hydrogen-bond acceptors (Lipinski definition) is 2. The van der Waals surface area contributed by atoms with Crippen LogP contribution in [0.5, 0.6) is 0 Å². The lowest BCUT2D eigenvalue weighted by Crippen LogP contribution is -2.40. The van der Waals surface area contributed by atoms with Gasteiger partial charge in [-0.1, -0.05) is 12.5 Å². The molecule has 1 saturated heterocycles. The van der Waals surface area contributed by atoms with Crippen LogP contribution in [0, 0.1) is 0 Å². The molecule has 0 bridgehead atoms. The Bertz CT molecular complexity index is 573. The molecule has 3 nitrogen and oxygen atoms in total. The molecule has 1 fully saturated rings. The van der Waals surface area contributed by atoms with E-state index in [1.54, 1.807) is 0 Å². The van der Waals surface area contributed by atoms with Gasteiger partial charge in [0.2, 0.25) is 0 Å². The Morgan fingerprint density at radius 2 is 2.14 bits per heavy atom. The summed E-state index contributed by atoms with van der Waals surface area (Å²) in [7, 11) is 4.35. The van der Waals surface area contributed by atoms with E-state index in [1.807, 2.05) is 6.20 Å². The zero-order valence-corrected chi connectivity index (χ0v) is 13.3. The molecule has 0 saturated carbocycles. The van der Waals surface area contributed by atoms with Crippen LogP contribution < -0.4 is 0 Å². The topological polar surface area (TPSA) is 22.3 Å². The molecule has 1 aromatic carbocycles. The lowest BCUT2D eigenvalue weighted by atomic mass is 9.98. The smallest absolute Gasteiger partial charge is 0.0454 e. The number of nitrogens with zero attached hydrogens (tertiary/aromatic N) is 2. The van der Waals surface area contributed by atoms with Crippen molar-refractivity contribution in [1.29, 1.82) is 0 Å². The van der Waals surface area contributed by atoms with Gasteiger partial charge in [-0.15, -0.1) is 0 Å². The Balaban J connectivity index is 1.68. The number of H-pyrrole nitrogens is 1. The second-order valence-corrected chi connectivity index (χ2v) is 6.61. The van der Waals surface area contributed by atoms with Crippen LogP contribution in [0.15, 0.2) is 30.5 Å². The number of aromatic amines is 1. The van der Waals surface area contributed by atoms with Crippen LogP contribution >= 0.6 is 0 Å². The number of benzene rings is 1. The van der Waals surface area contributed by atoms with Gasteiger partial charge in [-0.2, -0.15) is 0 Å². The van der Waals surface area contributed by atoms with Crippen molar-refractivity contribution in [3.8, 4) is 0 Å². The number of aromatic nitrogens is 1. The second kappa shape index (κ2) is 6.63. The first-order valence-electron chi connectivity index (χ1n) is 8.17. The standard InChI is InChI=1S/C18H27N3/c1-20(2)12-9-17-5-3-4-11-21(17)14-15-6-7-18-16(13-15)8-10-19-18/h6-8,10,13,17,19H,3-5,9,11-12,14H2,1-2H3. The Morgan fingerprint density at radius 3 is 3.00 bits per heavy atom. The summed E-state index contributed by atoms with van der Waals surface area (Å²) < 4.78 is 0. The number of nitrogens with one attached hydrogen (secondary N) is 1. The highest BCUT2D eigenvalue weighted by atomic mass is 15.2. The average Bonchev–Trinajstić information content (AvgIpc) is 2.94. The third kappa shape index (κ3) is 3.66. The fraction of sp³-hybridized carbons (Fsp3) is 0.556. The molecule has 2 aromatic rings. The predicted octanol–water partition coefficient (Wildman–Crippen LogP) is 3.47. The maximum Gasteiger partial charge on any atom is 0.0454 e. The lowest BCUT2D eigenvalue weighted by Gasteiger charge is -2.36. The van der Waals surface area contributed by atoms with Crippen LogP contribution in [0.4, 0.5) is 0 Å². The largest absolute Gasteiger partial charge is 0.361 e. The van der Waals surface area contributed by atoms with Crippen LogP contribution in [0.3, 0.4) is 0 Å². The van der Waals surface area contributed by atoms with Crippen molar-refractivity contribution in [3.05, 3.63) is 36.0 Å². The summed E-state index contributed by atoms with van der Waals surface area (Å²) in [6.45, 7) is 3.54. The van der Waals surface area contributed by atoms with Gasteiger partial charge in [0.05, 0.1) is 0 Å². The Kier molecular flexibility index (Phi) is 4.61. The number of piperidine rings is 1. The molecule has 0 radical (unpaired) electrons. The van der Waals surface area contributed by atoms with E-state index in [1.165, 1.54) is 55.2 Å². The highest BCUT2D eigenvalue weighted by Gasteiger charge is 2.22. The number of likely N-dealkylation sites (tertiary alicyclic amines) is 1. The first kappa shape index (κ1) is 14.6. The SMILES string of the molecule is CN(C)CCC1CCCCN1Cc1ccc2[nH]ccc2c1. The minimum absolute atomic E-state index is 0.753. The molecule has 0 aliphatic carbocycles. The van der Waals surface area contributed by atoms with Gasteiger partial charge >= 0.3 is 0 Å². The number of fused-ring (bicyclic) bond motifs is 1. The molecule has 1 aromatic heterocycles. The zero-order chi connectivity index (χ0) is 14.7.